The molecule has 3 saturated carbocycles. The highest BCUT2D eigenvalue weighted by molar-refractivity contribution is 7.90. The van der Waals surface area contributed by atoms with Gasteiger partial charge in [0, 0.05) is 45.6 Å². The molecule has 0 unspecified atom stereocenters. The number of nitrogens with zero attached hydrogens (tertiary/aromatic N) is 3. The van der Waals surface area contributed by atoms with Crippen LogP contribution in [0.2, 0.25) is 0 Å². The number of sulfonamides is 1. The van der Waals surface area contributed by atoms with Crippen molar-refractivity contribution in [3.05, 3.63) is 41.5 Å². The maximum atomic E-state index is 14.6. The minimum Gasteiger partial charge on any atom is -0.492 e. The third kappa shape index (κ3) is 10.1. The monoisotopic (exact) mass is 853 g/mol. The van der Waals surface area contributed by atoms with E-state index in [9.17, 15) is 32.4 Å². The van der Waals surface area contributed by atoms with Gasteiger partial charge in [0.1, 0.15) is 30.6 Å². The molecule has 4 heterocycles. The molecule has 0 spiro atoms. The standard InChI is InChI=1S/C43H59N5O11S/c49-38-25-43(40(51)45-60(54,55)35-14-15-35)24-31(43)8-4-2-1-3-5-11-36(44-41(52)58-32-9-6-7-10-32)39(50)48-28-34(23-37(38)48)59-42(53)47-26-29-12-13-33(22-30(29)27-47)57-21-18-46-16-19-56-20-17-46/h4,8,12-13,22,31-32,34-37H,1-3,5-7,9-11,14-21,23-28H2,(H,44,52)(H,45,51)/b8-4-/t31-,34-,36+,37+,43-/m1/s1. The van der Waals surface area contributed by atoms with E-state index in [4.69, 9.17) is 18.9 Å². The zero-order valence-corrected chi connectivity index (χ0v) is 35.2. The number of rotatable bonds is 10. The van der Waals surface area contributed by atoms with Gasteiger partial charge in [-0.05, 0) is 93.4 Å². The molecule has 17 heteroatoms. The summed E-state index contributed by atoms with van der Waals surface area (Å²) in [6.45, 7) is 5.06. The highest BCUT2D eigenvalue weighted by Crippen LogP contribution is 2.57. The van der Waals surface area contributed by atoms with Gasteiger partial charge in [-0.1, -0.05) is 31.1 Å². The number of ether oxygens (including phenoxy) is 4. The SMILES string of the molecule is O=C(N[C@H]1CCCCC/C=C\[C@@H]2C[C@@]2(C(=O)NS(=O)(=O)C2CC2)CC(=O)[C@@H]2C[C@@H](OC(=O)N3Cc4ccc(OCCN5CCOCC5)cc4C3)CN2C1=O)OC1CCCC1. The van der Waals surface area contributed by atoms with Gasteiger partial charge >= 0.3 is 12.2 Å². The Kier molecular flexibility index (Phi) is 13.0. The average Bonchev–Trinajstić information content (AvgIpc) is 4.02. The second-order valence-electron chi connectivity index (χ2n) is 17.7. The van der Waals surface area contributed by atoms with Crippen molar-refractivity contribution in [2.45, 2.75) is 133 Å². The summed E-state index contributed by atoms with van der Waals surface area (Å²) in [6.07, 6.45) is 9.23. The Morgan fingerprint density at radius 3 is 2.45 bits per heavy atom. The minimum absolute atomic E-state index is 0.00392. The van der Waals surface area contributed by atoms with Crippen molar-refractivity contribution in [2.24, 2.45) is 11.3 Å². The topological polar surface area (TPSA) is 190 Å². The van der Waals surface area contributed by atoms with E-state index in [1.54, 1.807) is 4.90 Å². The van der Waals surface area contributed by atoms with E-state index < -0.39 is 68.7 Å². The van der Waals surface area contributed by atoms with Crippen molar-refractivity contribution >= 4 is 39.8 Å². The Morgan fingerprint density at radius 1 is 0.900 bits per heavy atom. The fourth-order valence-electron chi connectivity index (χ4n) is 9.45. The molecule has 16 nitrogen and oxygen atoms in total. The maximum Gasteiger partial charge on any atom is 0.410 e. The number of carbonyl (C=O) groups excluding carboxylic acids is 5. The molecule has 328 valence electrons. The number of carbonyl (C=O) groups is 5. The van der Waals surface area contributed by atoms with E-state index in [-0.39, 0.29) is 31.4 Å². The first kappa shape index (κ1) is 42.5. The van der Waals surface area contributed by atoms with Crippen molar-refractivity contribution < 1.29 is 51.3 Å². The number of amides is 4. The summed E-state index contributed by atoms with van der Waals surface area (Å²) >= 11 is 0. The molecule has 5 fully saturated rings. The molecule has 4 amide bonds. The number of Topliss-reactive ketones (excluding diaryl/α,β-unsaturated/α-hetero) is 1. The van der Waals surface area contributed by atoms with Crippen LogP contribution in [0.3, 0.4) is 0 Å². The number of alkyl carbamates (subject to hydrolysis) is 1. The van der Waals surface area contributed by atoms with E-state index in [1.807, 2.05) is 30.4 Å². The Morgan fingerprint density at radius 2 is 1.67 bits per heavy atom. The highest BCUT2D eigenvalue weighted by Gasteiger charge is 2.61. The Hall–Kier alpha value is -4.22. The Balaban J connectivity index is 0.966. The molecule has 0 aromatic heterocycles. The third-order valence-electron chi connectivity index (χ3n) is 13.3. The lowest BCUT2D eigenvalue weighted by molar-refractivity contribution is -0.140. The summed E-state index contributed by atoms with van der Waals surface area (Å²) in [4.78, 5) is 75.0. The van der Waals surface area contributed by atoms with Gasteiger partial charge < -0.3 is 29.2 Å². The maximum absolute atomic E-state index is 14.6. The van der Waals surface area contributed by atoms with Crippen LogP contribution < -0.4 is 14.8 Å². The van der Waals surface area contributed by atoms with E-state index in [2.05, 4.69) is 14.9 Å². The van der Waals surface area contributed by atoms with Gasteiger partial charge in [-0.2, -0.15) is 0 Å². The summed E-state index contributed by atoms with van der Waals surface area (Å²) in [5.41, 5.74) is 0.628. The summed E-state index contributed by atoms with van der Waals surface area (Å²) < 4.78 is 51.2. The molecular formula is C43H59N5O11S. The van der Waals surface area contributed by atoms with Crippen molar-refractivity contribution in [1.29, 1.82) is 0 Å². The minimum atomic E-state index is -3.87. The number of hydrogen-bond acceptors (Lipinski definition) is 12. The number of allylic oxidation sites excluding steroid dienone is 2. The predicted octanol–water partition coefficient (Wildman–Crippen LogP) is 3.95. The van der Waals surface area contributed by atoms with E-state index >= 15 is 0 Å². The first-order valence-corrected chi connectivity index (χ1v) is 23.6. The van der Waals surface area contributed by atoms with Crippen molar-refractivity contribution in [1.82, 2.24) is 24.7 Å². The van der Waals surface area contributed by atoms with Crippen LogP contribution in [0.4, 0.5) is 9.59 Å². The smallest absolute Gasteiger partial charge is 0.410 e. The van der Waals surface area contributed by atoms with Crippen LogP contribution in [0.1, 0.15) is 101 Å². The Labute approximate surface area is 352 Å². The fourth-order valence-corrected chi connectivity index (χ4v) is 10.8. The zero-order chi connectivity index (χ0) is 41.9. The lowest BCUT2D eigenvalue weighted by Crippen LogP contribution is -2.52. The van der Waals surface area contributed by atoms with Crippen molar-refractivity contribution in [2.75, 3.05) is 46.0 Å². The normalized spacial score (nSPS) is 29.7. The number of nitrogens with one attached hydrogen (secondary N) is 2. The highest BCUT2D eigenvalue weighted by atomic mass is 32.2. The molecule has 0 bridgehead atoms. The second-order valence-corrected chi connectivity index (χ2v) is 19.7. The van der Waals surface area contributed by atoms with Crippen molar-refractivity contribution in [3.63, 3.8) is 0 Å². The molecule has 1 aromatic rings. The van der Waals surface area contributed by atoms with E-state index in [0.29, 0.717) is 58.2 Å². The molecule has 1 aromatic carbocycles. The molecule has 7 aliphatic rings. The summed E-state index contributed by atoms with van der Waals surface area (Å²) in [5.74, 6) is -1.23. The zero-order valence-electron chi connectivity index (χ0n) is 34.4. The molecule has 5 atom stereocenters. The molecule has 4 aliphatic heterocycles. The van der Waals surface area contributed by atoms with Crippen molar-refractivity contribution in [3.8, 4) is 5.75 Å². The van der Waals surface area contributed by atoms with Crippen LogP contribution >= 0.6 is 0 Å². The fraction of sp³-hybridized carbons (Fsp3) is 0.698. The number of fused-ring (bicyclic) bond motifs is 3. The van der Waals surface area contributed by atoms with Gasteiger partial charge in [-0.25, -0.2) is 18.0 Å². The molecule has 8 rings (SSSR count). The quantitative estimate of drug-likeness (QED) is 0.323. The Bertz CT molecular complexity index is 1930. The molecule has 2 saturated heterocycles. The van der Waals surface area contributed by atoms with Crippen LogP contribution in [0, 0.1) is 11.3 Å². The summed E-state index contributed by atoms with van der Waals surface area (Å²) in [6, 6.07) is 3.73. The van der Waals surface area contributed by atoms with Gasteiger partial charge in [-0.15, -0.1) is 0 Å². The van der Waals surface area contributed by atoms with E-state index in [1.165, 1.54) is 4.90 Å². The second kappa shape index (κ2) is 18.4. The third-order valence-corrected chi connectivity index (χ3v) is 15.1. The lowest BCUT2D eigenvalue weighted by atomic mass is 9.91. The molecule has 0 radical (unpaired) electrons. The summed E-state index contributed by atoms with van der Waals surface area (Å²) in [5, 5.41) is 2.19. The largest absolute Gasteiger partial charge is 0.492 e. The summed E-state index contributed by atoms with van der Waals surface area (Å²) in [7, 11) is -3.87. The first-order chi connectivity index (χ1) is 29.0. The van der Waals surface area contributed by atoms with Crippen LogP contribution in [-0.4, -0.2) is 128 Å². The molecule has 3 aliphatic carbocycles. The van der Waals surface area contributed by atoms with Gasteiger partial charge in [0.15, 0.2) is 5.78 Å². The number of benzene rings is 1. The average molecular weight is 854 g/mol. The van der Waals surface area contributed by atoms with E-state index in [0.717, 1.165) is 88.2 Å². The van der Waals surface area contributed by atoms with Gasteiger partial charge in [0.25, 0.3) is 0 Å². The number of hydrogen-bond donors (Lipinski definition) is 2. The van der Waals surface area contributed by atoms with Crippen LogP contribution in [-0.2, 0) is 51.7 Å². The number of morpholine rings is 1. The predicted molar refractivity (Wildman–Crippen MR) is 217 cm³/mol. The molecule has 60 heavy (non-hydrogen) atoms. The van der Waals surface area contributed by atoms with Gasteiger partial charge in [-0.3, -0.25) is 28.9 Å². The van der Waals surface area contributed by atoms with Crippen LogP contribution in [0.15, 0.2) is 30.4 Å². The molecular weight excluding hydrogens is 795 g/mol. The lowest BCUT2D eigenvalue weighted by Gasteiger charge is -2.29. The number of ketones is 1. The van der Waals surface area contributed by atoms with Crippen LogP contribution in [0.5, 0.6) is 5.75 Å². The first-order valence-electron chi connectivity index (χ1n) is 22.0. The van der Waals surface area contributed by atoms with Gasteiger partial charge in [0.05, 0.1) is 36.5 Å². The van der Waals surface area contributed by atoms with Crippen LogP contribution in [0.25, 0.3) is 0 Å². The molecule has 2 N–H and O–H groups in total. The van der Waals surface area contributed by atoms with Gasteiger partial charge in [0.2, 0.25) is 21.8 Å².